The van der Waals surface area contributed by atoms with Crippen LogP contribution in [0, 0.1) is 0 Å². The monoisotopic (exact) mass is 361 g/mol. The van der Waals surface area contributed by atoms with Crippen molar-refractivity contribution in [1.82, 2.24) is 5.32 Å². The Morgan fingerprint density at radius 2 is 1.96 bits per heavy atom. The molecule has 0 saturated heterocycles. The van der Waals surface area contributed by atoms with E-state index in [4.69, 9.17) is 21.1 Å². The third-order valence-corrected chi connectivity index (χ3v) is 3.87. The average Bonchev–Trinajstić information content (AvgIpc) is 2.60. The van der Waals surface area contributed by atoms with Crippen LogP contribution in [-0.4, -0.2) is 25.2 Å². The number of carbonyl (C=O) groups is 1. The largest absolute Gasteiger partial charge is 0.489 e. The summed E-state index contributed by atoms with van der Waals surface area (Å²) in [4.78, 5) is 12.2. The Morgan fingerprint density at radius 1 is 1.16 bits per heavy atom. The Hall–Kier alpha value is -2.04. The lowest BCUT2D eigenvalue weighted by Crippen LogP contribution is -2.25. The normalized spacial score (nSPS) is 10.7. The number of amides is 1. The molecule has 0 atom stereocenters. The Morgan fingerprint density at radius 3 is 2.72 bits per heavy atom. The topological polar surface area (TPSA) is 47.6 Å². The van der Waals surface area contributed by atoms with Crippen LogP contribution in [0.15, 0.2) is 48.5 Å². The van der Waals surface area contributed by atoms with E-state index in [0.29, 0.717) is 36.1 Å². The number of hydrogen-bond donors (Lipinski definition) is 1. The second kappa shape index (κ2) is 10.1. The van der Waals surface area contributed by atoms with Crippen molar-refractivity contribution in [2.75, 3.05) is 13.2 Å². The molecular formula is C20H24ClNO3. The van der Waals surface area contributed by atoms with E-state index in [1.165, 1.54) is 0 Å². The van der Waals surface area contributed by atoms with Gasteiger partial charge in [-0.15, -0.1) is 0 Å². The van der Waals surface area contributed by atoms with E-state index in [-0.39, 0.29) is 12.0 Å². The molecule has 1 N–H and O–H groups in total. The molecule has 0 aliphatic carbocycles. The lowest BCUT2D eigenvalue weighted by molar-refractivity contribution is 0.0757. The van der Waals surface area contributed by atoms with Crippen LogP contribution >= 0.6 is 11.6 Å². The SMILES string of the molecule is CC(C)OCCCNC(=O)c1cccc(OCc2ccccc2Cl)c1. The second-order valence-corrected chi connectivity index (χ2v) is 6.34. The van der Waals surface area contributed by atoms with Crippen LogP contribution in [0.4, 0.5) is 0 Å². The second-order valence-electron chi connectivity index (χ2n) is 5.94. The number of benzene rings is 2. The first kappa shape index (κ1) is 19.3. The van der Waals surface area contributed by atoms with Crippen molar-refractivity contribution in [3.8, 4) is 5.75 Å². The van der Waals surface area contributed by atoms with Crippen LogP contribution < -0.4 is 10.1 Å². The predicted molar refractivity (Wildman–Crippen MR) is 100 cm³/mol. The lowest BCUT2D eigenvalue weighted by Gasteiger charge is -2.10. The molecule has 2 rings (SSSR count). The van der Waals surface area contributed by atoms with Gasteiger partial charge in [-0.2, -0.15) is 0 Å². The lowest BCUT2D eigenvalue weighted by atomic mass is 10.2. The van der Waals surface area contributed by atoms with Gasteiger partial charge in [0.05, 0.1) is 6.10 Å². The quantitative estimate of drug-likeness (QED) is 0.670. The molecule has 0 bridgehead atoms. The smallest absolute Gasteiger partial charge is 0.251 e. The zero-order valence-corrected chi connectivity index (χ0v) is 15.4. The first-order chi connectivity index (χ1) is 12.1. The fraction of sp³-hybridized carbons (Fsp3) is 0.350. The summed E-state index contributed by atoms with van der Waals surface area (Å²) < 4.78 is 11.2. The van der Waals surface area contributed by atoms with Gasteiger partial charge in [0.2, 0.25) is 0 Å². The van der Waals surface area contributed by atoms with Crippen molar-refractivity contribution in [2.45, 2.75) is 33.0 Å². The van der Waals surface area contributed by atoms with Gasteiger partial charge in [0.25, 0.3) is 5.91 Å². The Balaban J connectivity index is 1.83. The summed E-state index contributed by atoms with van der Waals surface area (Å²) in [5.74, 6) is 0.517. The highest BCUT2D eigenvalue weighted by Crippen LogP contribution is 2.19. The highest BCUT2D eigenvalue weighted by Gasteiger charge is 2.07. The first-order valence-electron chi connectivity index (χ1n) is 8.42. The zero-order chi connectivity index (χ0) is 18.1. The van der Waals surface area contributed by atoms with Gasteiger partial charge in [0.15, 0.2) is 0 Å². The van der Waals surface area contributed by atoms with E-state index < -0.39 is 0 Å². The molecule has 0 aliphatic heterocycles. The molecule has 4 nitrogen and oxygen atoms in total. The minimum atomic E-state index is -0.118. The van der Waals surface area contributed by atoms with E-state index in [1.54, 1.807) is 18.2 Å². The van der Waals surface area contributed by atoms with Gasteiger partial charge in [-0.3, -0.25) is 4.79 Å². The molecule has 134 valence electrons. The fourth-order valence-corrected chi connectivity index (χ4v) is 2.39. The highest BCUT2D eigenvalue weighted by atomic mass is 35.5. The molecule has 2 aromatic carbocycles. The molecular weight excluding hydrogens is 338 g/mol. The van der Waals surface area contributed by atoms with Crippen LogP contribution in [-0.2, 0) is 11.3 Å². The maximum Gasteiger partial charge on any atom is 0.251 e. The van der Waals surface area contributed by atoms with Crippen molar-refractivity contribution >= 4 is 17.5 Å². The molecule has 0 heterocycles. The summed E-state index contributed by atoms with van der Waals surface area (Å²) in [6.45, 7) is 5.56. The number of hydrogen-bond acceptors (Lipinski definition) is 3. The molecule has 0 aromatic heterocycles. The van der Waals surface area contributed by atoms with Gasteiger partial charge in [0, 0.05) is 29.3 Å². The minimum absolute atomic E-state index is 0.118. The molecule has 5 heteroatoms. The van der Waals surface area contributed by atoms with Crippen molar-refractivity contribution < 1.29 is 14.3 Å². The van der Waals surface area contributed by atoms with Gasteiger partial charge in [-0.1, -0.05) is 35.9 Å². The number of ether oxygens (including phenoxy) is 2. The standard InChI is InChI=1S/C20H24ClNO3/c1-15(2)24-12-6-11-22-20(23)16-8-5-9-18(13-16)25-14-17-7-3-4-10-19(17)21/h3-5,7-10,13,15H,6,11-12,14H2,1-2H3,(H,22,23). The highest BCUT2D eigenvalue weighted by molar-refractivity contribution is 6.31. The van der Waals surface area contributed by atoms with Crippen molar-refractivity contribution in [3.63, 3.8) is 0 Å². The van der Waals surface area contributed by atoms with Crippen molar-refractivity contribution in [2.24, 2.45) is 0 Å². The Bertz CT molecular complexity index is 688. The van der Waals surface area contributed by atoms with Gasteiger partial charge in [-0.05, 0) is 44.5 Å². The molecule has 1 amide bonds. The van der Waals surface area contributed by atoms with E-state index in [0.717, 1.165) is 12.0 Å². The number of carbonyl (C=O) groups excluding carboxylic acids is 1. The first-order valence-corrected chi connectivity index (χ1v) is 8.80. The van der Waals surface area contributed by atoms with E-state index >= 15 is 0 Å². The summed E-state index contributed by atoms with van der Waals surface area (Å²) in [5, 5.41) is 3.55. The van der Waals surface area contributed by atoms with Gasteiger partial charge in [-0.25, -0.2) is 0 Å². The van der Waals surface area contributed by atoms with Crippen LogP contribution in [0.1, 0.15) is 36.2 Å². The molecule has 25 heavy (non-hydrogen) atoms. The average molecular weight is 362 g/mol. The minimum Gasteiger partial charge on any atom is -0.489 e. The van der Waals surface area contributed by atoms with Gasteiger partial charge in [0.1, 0.15) is 12.4 Å². The third-order valence-electron chi connectivity index (χ3n) is 3.51. The van der Waals surface area contributed by atoms with Gasteiger partial charge >= 0.3 is 0 Å². The maximum atomic E-state index is 12.2. The molecule has 0 saturated carbocycles. The third kappa shape index (κ3) is 6.77. The van der Waals surface area contributed by atoms with Crippen molar-refractivity contribution in [1.29, 1.82) is 0 Å². The fourth-order valence-electron chi connectivity index (χ4n) is 2.20. The number of rotatable bonds is 9. The number of nitrogens with one attached hydrogen (secondary N) is 1. The summed E-state index contributed by atoms with van der Waals surface area (Å²) in [5.41, 5.74) is 1.48. The molecule has 2 aromatic rings. The van der Waals surface area contributed by atoms with Crippen LogP contribution in [0.25, 0.3) is 0 Å². The molecule has 0 spiro atoms. The zero-order valence-electron chi connectivity index (χ0n) is 14.6. The molecule has 0 fully saturated rings. The van der Waals surface area contributed by atoms with E-state index in [9.17, 15) is 4.79 Å². The Labute approximate surface area is 154 Å². The van der Waals surface area contributed by atoms with Gasteiger partial charge < -0.3 is 14.8 Å². The molecule has 0 aliphatic rings. The van der Waals surface area contributed by atoms with Crippen LogP contribution in [0.5, 0.6) is 5.75 Å². The summed E-state index contributed by atoms with van der Waals surface area (Å²) in [6, 6.07) is 14.7. The molecule has 0 radical (unpaired) electrons. The Kier molecular flexibility index (Phi) is 7.76. The maximum absolute atomic E-state index is 12.2. The van der Waals surface area contributed by atoms with E-state index in [2.05, 4.69) is 5.32 Å². The van der Waals surface area contributed by atoms with Crippen LogP contribution in [0.2, 0.25) is 5.02 Å². The number of halogens is 1. The summed E-state index contributed by atoms with van der Waals surface area (Å²) in [7, 11) is 0. The summed E-state index contributed by atoms with van der Waals surface area (Å²) in [6.07, 6.45) is 0.995. The molecule has 0 unspecified atom stereocenters. The van der Waals surface area contributed by atoms with E-state index in [1.807, 2.05) is 44.2 Å². The van der Waals surface area contributed by atoms with Crippen molar-refractivity contribution in [3.05, 3.63) is 64.7 Å². The predicted octanol–water partition coefficient (Wildman–Crippen LogP) is 4.46. The summed E-state index contributed by atoms with van der Waals surface area (Å²) >= 11 is 6.12. The van der Waals surface area contributed by atoms with Crippen LogP contribution in [0.3, 0.4) is 0 Å².